The third-order valence-corrected chi connectivity index (χ3v) is 4.78. The maximum absolute atomic E-state index is 3.63. The molecule has 19 heavy (non-hydrogen) atoms. The molecule has 2 nitrogen and oxygen atoms in total. The van der Waals surface area contributed by atoms with Crippen molar-refractivity contribution >= 4 is 11.3 Å². The third-order valence-electron chi connectivity index (χ3n) is 3.85. The molecule has 0 aliphatic heterocycles. The van der Waals surface area contributed by atoms with E-state index >= 15 is 0 Å². The Bertz CT molecular complexity index is 497. The van der Waals surface area contributed by atoms with Crippen molar-refractivity contribution in [3.8, 4) is 0 Å². The van der Waals surface area contributed by atoms with Gasteiger partial charge in [-0.25, -0.2) is 0 Å². The number of hydrogen-bond acceptors (Lipinski definition) is 2. The number of nitrogens with one attached hydrogen (secondary N) is 1. The van der Waals surface area contributed by atoms with E-state index in [2.05, 4.69) is 52.8 Å². The van der Waals surface area contributed by atoms with Crippen molar-refractivity contribution in [1.82, 2.24) is 9.88 Å². The molecule has 1 unspecified atom stereocenters. The zero-order valence-electron chi connectivity index (χ0n) is 11.5. The molecule has 0 radical (unpaired) electrons. The van der Waals surface area contributed by atoms with E-state index in [0.717, 1.165) is 25.4 Å². The molecule has 3 rings (SSSR count). The van der Waals surface area contributed by atoms with Crippen LogP contribution in [0.3, 0.4) is 0 Å². The van der Waals surface area contributed by atoms with Gasteiger partial charge < -0.3 is 9.88 Å². The topological polar surface area (TPSA) is 17.0 Å². The van der Waals surface area contributed by atoms with Gasteiger partial charge in [0.25, 0.3) is 0 Å². The van der Waals surface area contributed by atoms with Gasteiger partial charge in [-0.15, -0.1) is 11.3 Å². The van der Waals surface area contributed by atoms with Gasteiger partial charge in [-0.2, -0.15) is 0 Å². The summed E-state index contributed by atoms with van der Waals surface area (Å²) in [4.78, 5) is 1.47. The molecule has 2 aromatic rings. The molecule has 1 saturated carbocycles. The van der Waals surface area contributed by atoms with Crippen molar-refractivity contribution in [3.05, 3.63) is 46.4 Å². The predicted octanol–water partition coefficient (Wildman–Crippen LogP) is 3.85. The van der Waals surface area contributed by atoms with Crippen LogP contribution in [0.4, 0.5) is 0 Å². The van der Waals surface area contributed by atoms with Crippen LogP contribution < -0.4 is 5.32 Å². The van der Waals surface area contributed by atoms with Crippen LogP contribution >= 0.6 is 11.3 Å². The van der Waals surface area contributed by atoms with E-state index in [1.165, 1.54) is 23.3 Å². The molecular weight excluding hydrogens is 252 g/mol. The molecule has 1 aliphatic rings. The van der Waals surface area contributed by atoms with Gasteiger partial charge in [-0.3, -0.25) is 0 Å². The van der Waals surface area contributed by atoms with E-state index in [1.54, 1.807) is 0 Å². The summed E-state index contributed by atoms with van der Waals surface area (Å²) in [5.41, 5.74) is 1.47. The molecule has 1 atom stereocenters. The van der Waals surface area contributed by atoms with Crippen LogP contribution in [-0.2, 0) is 13.0 Å². The SMILES string of the molecule is CCNC(c1ccn(CCc2cccs2)c1)C1CC1. The first kappa shape index (κ1) is 12.9. The lowest BCUT2D eigenvalue weighted by Gasteiger charge is -2.15. The Morgan fingerprint density at radius 3 is 3.00 bits per heavy atom. The Kier molecular flexibility index (Phi) is 4.04. The van der Waals surface area contributed by atoms with Gasteiger partial charge in [-0.05, 0) is 54.8 Å². The number of nitrogens with zero attached hydrogens (tertiary/aromatic N) is 1. The van der Waals surface area contributed by atoms with Crippen LogP contribution in [0.2, 0.25) is 0 Å². The van der Waals surface area contributed by atoms with Gasteiger partial charge in [0.15, 0.2) is 0 Å². The number of hydrogen-bond donors (Lipinski definition) is 1. The van der Waals surface area contributed by atoms with Crippen molar-refractivity contribution in [2.24, 2.45) is 5.92 Å². The second-order valence-electron chi connectivity index (χ2n) is 5.38. The zero-order valence-corrected chi connectivity index (χ0v) is 12.3. The average Bonchev–Trinajstić information content (AvgIpc) is 2.92. The Morgan fingerprint density at radius 1 is 1.42 bits per heavy atom. The van der Waals surface area contributed by atoms with Gasteiger partial charge in [0, 0.05) is 29.9 Å². The highest BCUT2D eigenvalue weighted by atomic mass is 32.1. The minimum Gasteiger partial charge on any atom is -0.354 e. The highest BCUT2D eigenvalue weighted by Crippen LogP contribution is 2.41. The van der Waals surface area contributed by atoms with Gasteiger partial charge in [-0.1, -0.05) is 13.0 Å². The monoisotopic (exact) mass is 274 g/mol. The van der Waals surface area contributed by atoms with Crippen molar-refractivity contribution in [1.29, 1.82) is 0 Å². The predicted molar refractivity (Wildman–Crippen MR) is 81.6 cm³/mol. The summed E-state index contributed by atoms with van der Waals surface area (Å²) in [7, 11) is 0. The van der Waals surface area contributed by atoms with Crippen LogP contribution in [0.1, 0.15) is 36.2 Å². The maximum atomic E-state index is 3.63. The largest absolute Gasteiger partial charge is 0.354 e. The molecule has 0 spiro atoms. The quantitative estimate of drug-likeness (QED) is 0.811. The molecule has 1 fully saturated rings. The van der Waals surface area contributed by atoms with Gasteiger partial charge >= 0.3 is 0 Å². The van der Waals surface area contributed by atoms with E-state index in [-0.39, 0.29) is 0 Å². The summed E-state index contributed by atoms with van der Waals surface area (Å²) in [6.07, 6.45) is 8.48. The Hall–Kier alpha value is -1.06. The fourth-order valence-corrected chi connectivity index (χ4v) is 3.38. The van der Waals surface area contributed by atoms with Crippen molar-refractivity contribution in [2.75, 3.05) is 6.54 Å². The Labute approximate surface area is 119 Å². The summed E-state index contributed by atoms with van der Waals surface area (Å²) in [6, 6.07) is 7.23. The highest BCUT2D eigenvalue weighted by Gasteiger charge is 2.31. The van der Waals surface area contributed by atoms with E-state index in [9.17, 15) is 0 Å². The molecule has 3 heteroatoms. The molecule has 0 aromatic carbocycles. The van der Waals surface area contributed by atoms with Crippen molar-refractivity contribution in [3.63, 3.8) is 0 Å². The first-order valence-electron chi connectivity index (χ1n) is 7.28. The Morgan fingerprint density at radius 2 is 2.32 bits per heavy atom. The lowest BCUT2D eigenvalue weighted by atomic mass is 10.1. The first-order valence-corrected chi connectivity index (χ1v) is 8.16. The molecular formula is C16H22N2S. The number of aromatic nitrogens is 1. The van der Waals surface area contributed by atoms with Gasteiger partial charge in [0.05, 0.1) is 0 Å². The number of rotatable bonds is 7. The molecule has 2 aromatic heterocycles. The average molecular weight is 274 g/mol. The minimum atomic E-state index is 0.577. The lowest BCUT2D eigenvalue weighted by molar-refractivity contribution is 0.495. The second-order valence-corrected chi connectivity index (χ2v) is 6.42. The molecule has 0 amide bonds. The molecule has 0 bridgehead atoms. The third kappa shape index (κ3) is 3.28. The summed E-state index contributed by atoms with van der Waals surface area (Å²) < 4.78 is 2.34. The van der Waals surface area contributed by atoms with Gasteiger partial charge in [0.1, 0.15) is 0 Å². The summed E-state index contributed by atoms with van der Waals surface area (Å²) in [6.45, 7) is 4.34. The zero-order chi connectivity index (χ0) is 13.1. The van der Waals surface area contributed by atoms with E-state index in [4.69, 9.17) is 0 Å². The normalized spacial score (nSPS) is 16.7. The summed E-state index contributed by atoms with van der Waals surface area (Å²) >= 11 is 1.85. The van der Waals surface area contributed by atoms with Crippen LogP contribution in [0, 0.1) is 5.92 Å². The van der Waals surface area contributed by atoms with Crippen molar-refractivity contribution in [2.45, 2.75) is 38.8 Å². The molecule has 2 heterocycles. The number of aryl methyl sites for hydroxylation is 2. The fourth-order valence-electron chi connectivity index (χ4n) is 2.68. The smallest absolute Gasteiger partial charge is 0.0363 e. The maximum Gasteiger partial charge on any atom is 0.0363 e. The summed E-state index contributed by atoms with van der Waals surface area (Å²) in [5.74, 6) is 0.869. The minimum absolute atomic E-state index is 0.577. The standard InChI is InChI=1S/C16H22N2S/c1-2-17-16(13-5-6-13)14-7-9-18(12-14)10-8-15-4-3-11-19-15/h3-4,7,9,11-13,16-17H,2,5-6,8,10H2,1H3. The van der Waals surface area contributed by atoms with Crippen molar-refractivity contribution < 1.29 is 0 Å². The highest BCUT2D eigenvalue weighted by molar-refractivity contribution is 7.09. The Balaban J connectivity index is 1.61. The van der Waals surface area contributed by atoms with E-state index < -0.39 is 0 Å². The van der Waals surface area contributed by atoms with Gasteiger partial charge in [0.2, 0.25) is 0 Å². The van der Waals surface area contributed by atoms with E-state index in [0.29, 0.717) is 6.04 Å². The van der Waals surface area contributed by atoms with Crippen LogP contribution in [-0.4, -0.2) is 11.1 Å². The van der Waals surface area contributed by atoms with Crippen LogP contribution in [0.25, 0.3) is 0 Å². The molecule has 1 N–H and O–H groups in total. The summed E-state index contributed by atoms with van der Waals surface area (Å²) in [5, 5.41) is 5.79. The number of thiophene rings is 1. The second kappa shape index (κ2) is 5.93. The fraction of sp³-hybridized carbons (Fsp3) is 0.500. The van der Waals surface area contributed by atoms with Crippen LogP contribution in [0.15, 0.2) is 36.0 Å². The first-order chi connectivity index (χ1) is 9.36. The molecule has 102 valence electrons. The molecule has 0 saturated heterocycles. The van der Waals surface area contributed by atoms with Crippen LogP contribution in [0.5, 0.6) is 0 Å². The molecule has 1 aliphatic carbocycles. The lowest BCUT2D eigenvalue weighted by Crippen LogP contribution is -2.22. The van der Waals surface area contributed by atoms with E-state index in [1.807, 2.05) is 11.3 Å².